The number of ether oxygens (including phenoxy) is 2. The standard InChI is InChI=1S/C13H20BrF3N2O3Si/c1-23(2,3)7-6-21-9-19-12(20)11(13(15,16)17)10(8-18-19)22-5-4-14/h8H,4-7,9H2,1-3H3. The maximum Gasteiger partial charge on any atom is 0.425 e. The maximum absolute atomic E-state index is 13.1. The predicted molar refractivity (Wildman–Crippen MR) is 86.9 cm³/mol. The molecule has 0 aromatic carbocycles. The lowest BCUT2D eigenvalue weighted by atomic mass is 10.2. The highest BCUT2D eigenvalue weighted by molar-refractivity contribution is 9.09. The second-order valence-electron chi connectivity index (χ2n) is 6.07. The van der Waals surface area contributed by atoms with Crippen molar-refractivity contribution in [2.45, 2.75) is 38.6 Å². The van der Waals surface area contributed by atoms with Gasteiger partial charge in [-0.25, -0.2) is 4.68 Å². The van der Waals surface area contributed by atoms with Gasteiger partial charge >= 0.3 is 6.18 Å². The van der Waals surface area contributed by atoms with Crippen molar-refractivity contribution >= 4 is 24.0 Å². The molecule has 0 N–H and O–H groups in total. The molecule has 0 radical (unpaired) electrons. The summed E-state index contributed by atoms with van der Waals surface area (Å²) < 4.78 is 50.2. The van der Waals surface area contributed by atoms with Crippen LogP contribution in [0.15, 0.2) is 11.0 Å². The average Bonchev–Trinajstić information content (AvgIpc) is 2.40. The summed E-state index contributed by atoms with van der Waals surface area (Å²) >= 11 is 3.05. The van der Waals surface area contributed by atoms with Gasteiger partial charge in [-0.1, -0.05) is 35.6 Å². The van der Waals surface area contributed by atoms with Crippen LogP contribution in [0, 0.1) is 0 Å². The minimum atomic E-state index is -4.82. The molecule has 1 rings (SSSR count). The number of hydrogen-bond donors (Lipinski definition) is 0. The zero-order chi connectivity index (χ0) is 17.7. The average molecular weight is 417 g/mol. The molecule has 0 spiro atoms. The van der Waals surface area contributed by atoms with Gasteiger partial charge in [0.05, 0.1) is 12.8 Å². The van der Waals surface area contributed by atoms with Crippen molar-refractivity contribution in [3.05, 3.63) is 22.1 Å². The molecule has 0 aliphatic heterocycles. The number of aromatic nitrogens is 2. The van der Waals surface area contributed by atoms with Crippen molar-refractivity contribution in [1.29, 1.82) is 0 Å². The molecule has 0 atom stereocenters. The Morgan fingerprint density at radius 1 is 1.30 bits per heavy atom. The van der Waals surface area contributed by atoms with E-state index in [9.17, 15) is 18.0 Å². The van der Waals surface area contributed by atoms with Crippen molar-refractivity contribution in [3.63, 3.8) is 0 Å². The van der Waals surface area contributed by atoms with E-state index in [1.165, 1.54) is 0 Å². The number of halogens is 4. The van der Waals surface area contributed by atoms with Crippen LogP contribution in [-0.2, 0) is 17.6 Å². The molecule has 0 fully saturated rings. The van der Waals surface area contributed by atoms with Crippen molar-refractivity contribution in [2.24, 2.45) is 0 Å². The molecule has 0 bridgehead atoms. The van der Waals surface area contributed by atoms with Gasteiger partial charge in [0.1, 0.15) is 6.73 Å². The van der Waals surface area contributed by atoms with E-state index in [0.717, 1.165) is 12.2 Å². The molecule has 23 heavy (non-hydrogen) atoms. The fourth-order valence-electron chi connectivity index (χ4n) is 1.61. The Morgan fingerprint density at radius 3 is 2.48 bits per heavy atom. The Balaban J connectivity index is 2.92. The third-order valence-electron chi connectivity index (χ3n) is 2.84. The summed E-state index contributed by atoms with van der Waals surface area (Å²) in [6.07, 6.45) is -3.92. The summed E-state index contributed by atoms with van der Waals surface area (Å²) in [5, 5.41) is 4.03. The highest BCUT2D eigenvalue weighted by Gasteiger charge is 2.39. The van der Waals surface area contributed by atoms with E-state index >= 15 is 0 Å². The topological polar surface area (TPSA) is 53.4 Å². The van der Waals surface area contributed by atoms with Gasteiger partial charge < -0.3 is 9.47 Å². The summed E-state index contributed by atoms with van der Waals surface area (Å²) in [5.74, 6) is -0.569. The van der Waals surface area contributed by atoms with Gasteiger partial charge in [-0.05, 0) is 6.04 Å². The number of hydrogen-bond acceptors (Lipinski definition) is 4. The molecule has 0 amide bonds. The number of nitrogens with zero attached hydrogens (tertiary/aromatic N) is 2. The molecular formula is C13H20BrF3N2O3Si. The SMILES string of the molecule is C[Si](C)(C)CCOCn1ncc(OCCBr)c(C(F)(F)F)c1=O. The number of rotatable bonds is 8. The number of alkyl halides is 4. The molecule has 1 aromatic heterocycles. The Labute approximate surface area is 141 Å². The summed E-state index contributed by atoms with van der Waals surface area (Å²) in [7, 11) is -1.31. The quantitative estimate of drug-likeness (QED) is 0.370. The lowest BCUT2D eigenvalue weighted by Gasteiger charge is -2.16. The molecule has 0 saturated carbocycles. The van der Waals surface area contributed by atoms with Gasteiger partial charge in [-0.2, -0.15) is 18.3 Å². The summed E-state index contributed by atoms with van der Waals surface area (Å²) in [4.78, 5) is 12.0. The van der Waals surface area contributed by atoms with Crippen molar-refractivity contribution in [1.82, 2.24) is 9.78 Å². The Morgan fingerprint density at radius 2 is 1.96 bits per heavy atom. The maximum atomic E-state index is 13.1. The second-order valence-corrected chi connectivity index (χ2v) is 12.5. The third kappa shape index (κ3) is 6.64. The minimum Gasteiger partial charge on any atom is -0.490 e. The minimum absolute atomic E-state index is 0.000917. The van der Waals surface area contributed by atoms with Crippen LogP contribution in [-0.4, -0.2) is 36.4 Å². The second kappa shape index (κ2) is 8.29. The first kappa shape index (κ1) is 20.2. The van der Waals surface area contributed by atoms with Gasteiger partial charge in [0.15, 0.2) is 11.3 Å². The van der Waals surface area contributed by atoms with E-state index in [2.05, 4.69) is 40.7 Å². The third-order valence-corrected chi connectivity index (χ3v) is 4.87. The molecule has 1 heterocycles. The fourth-order valence-corrected chi connectivity index (χ4v) is 2.53. The molecule has 5 nitrogen and oxygen atoms in total. The largest absolute Gasteiger partial charge is 0.490 e. The predicted octanol–water partition coefficient (Wildman–Crippen LogP) is 3.35. The van der Waals surface area contributed by atoms with Crippen LogP contribution < -0.4 is 10.3 Å². The Kier molecular flexibility index (Phi) is 7.27. The summed E-state index contributed by atoms with van der Waals surface area (Å²) in [5.41, 5.74) is -2.63. The molecule has 0 unspecified atom stereocenters. The van der Waals surface area contributed by atoms with E-state index in [-0.39, 0.29) is 13.3 Å². The molecule has 0 aliphatic carbocycles. The normalized spacial score (nSPS) is 12.5. The molecule has 10 heteroatoms. The van der Waals surface area contributed by atoms with Crippen molar-refractivity contribution in [3.8, 4) is 5.75 Å². The first-order valence-electron chi connectivity index (χ1n) is 7.00. The first-order valence-corrected chi connectivity index (χ1v) is 11.8. The smallest absolute Gasteiger partial charge is 0.425 e. The monoisotopic (exact) mass is 416 g/mol. The first-order chi connectivity index (χ1) is 10.6. The zero-order valence-electron chi connectivity index (χ0n) is 13.2. The van der Waals surface area contributed by atoms with E-state index < -0.39 is 31.1 Å². The van der Waals surface area contributed by atoms with Crippen LogP contribution in [0.3, 0.4) is 0 Å². The summed E-state index contributed by atoms with van der Waals surface area (Å²) in [6, 6.07) is 0.848. The lowest BCUT2D eigenvalue weighted by molar-refractivity contribution is -0.140. The van der Waals surface area contributed by atoms with Crippen LogP contribution in [0.4, 0.5) is 13.2 Å². The fraction of sp³-hybridized carbons (Fsp3) is 0.692. The van der Waals surface area contributed by atoms with Crippen LogP contribution in [0.2, 0.25) is 25.7 Å². The highest BCUT2D eigenvalue weighted by Crippen LogP contribution is 2.32. The summed E-state index contributed by atoms with van der Waals surface area (Å²) in [6.45, 7) is 6.52. The van der Waals surface area contributed by atoms with E-state index in [0.29, 0.717) is 16.6 Å². The van der Waals surface area contributed by atoms with Gasteiger partial charge in [-0.15, -0.1) is 0 Å². The van der Waals surface area contributed by atoms with E-state index in [1.54, 1.807) is 0 Å². The molecule has 0 aliphatic rings. The van der Waals surface area contributed by atoms with Crippen molar-refractivity contribution in [2.75, 3.05) is 18.5 Å². The van der Waals surface area contributed by atoms with Gasteiger partial charge in [0, 0.05) is 20.0 Å². The lowest BCUT2D eigenvalue weighted by Crippen LogP contribution is -2.32. The molecule has 0 saturated heterocycles. The van der Waals surface area contributed by atoms with Crippen LogP contribution in [0.25, 0.3) is 0 Å². The van der Waals surface area contributed by atoms with Crippen LogP contribution in [0.5, 0.6) is 5.75 Å². The van der Waals surface area contributed by atoms with E-state index in [1.807, 2.05) is 0 Å². The molecular weight excluding hydrogens is 397 g/mol. The van der Waals surface area contributed by atoms with Crippen LogP contribution >= 0.6 is 15.9 Å². The van der Waals surface area contributed by atoms with Gasteiger partial charge in [0.2, 0.25) is 0 Å². The van der Waals surface area contributed by atoms with Gasteiger partial charge in [-0.3, -0.25) is 4.79 Å². The van der Waals surface area contributed by atoms with Crippen molar-refractivity contribution < 1.29 is 22.6 Å². The Bertz CT molecular complexity index is 573. The Hall–Kier alpha value is -0.873. The molecule has 1 aromatic rings. The van der Waals surface area contributed by atoms with E-state index in [4.69, 9.17) is 9.47 Å². The zero-order valence-corrected chi connectivity index (χ0v) is 15.8. The van der Waals surface area contributed by atoms with Crippen LogP contribution in [0.1, 0.15) is 5.56 Å². The van der Waals surface area contributed by atoms with Gasteiger partial charge in [0.25, 0.3) is 5.56 Å². The molecule has 132 valence electrons. The highest BCUT2D eigenvalue weighted by atomic mass is 79.9.